The summed E-state index contributed by atoms with van der Waals surface area (Å²) in [5.41, 5.74) is 5.83. The molecule has 2 heterocycles. The molecule has 1 aliphatic heterocycles. The Morgan fingerprint density at radius 2 is 2.05 bits per heavy atom. The summed E-state index contributed by atoms with van der Waals surface area (Å²) >= 11 is 0. The number of carbonyl (C=O) groups is 1. The molecule has 1 aromatic carbocycles. The lowest BCUT2D eigenvalue weighted by atomic mass is 9.83. The Kier molecular flexibility index (Phi) is 2.66. The van der Waals surface area contributed by atoms with E-state index in [1.54, 1.807) is 0 Å². The van der Waals surface area contributed by atoms with Gasteiger partial charge < -0.3 is 5.32 Å². The Bertz CT molecular complexity index is 657. The number of nitrogens with zero attached hydrogens (tertiary/aromatic N) is 1. The number of anilines is 1. The molecule has 0 bridgehead atoms. The number of benzene rings is 1. The van der Waals surface area contributed by atoms with Crippen LogP contribution in [0, 0.1) is 20.8 Å². The molecule has 0 saturated carbocycles. The van der Waals surface area contributed by atoms with Crippen molar-refractivity contribution in [3.63, 3.8) is 0 Å². The molecule has 4 nitrogen and oxygen atoms in total. The predicted octanol–water partition coefficient (Wildman–Crippen LogP) is 2.81. The first-order valence-electron chi connectivity index (χ1n) is 6.48. The highest BCUT2D eigenvalue weighted by Gasteiger charge is 2.31. The Labute approximate surface area is 112 Å². The molecule has 4 heteroatoms. The zero-order chi connectivity index (χ0) is 13.6. The Balaban J connectivity index is 2.14. The largest absolute Gasteiger partial charge is 0.309 e. The molecule has 0 fully saturated rings. The van der Waals surface area contributed by atoms with Crippen LogP contribution in [0.1, 0.15) is 40.3 Å². The second-order valence-corrected chi connectivity index (χ2v) is 5.28. The molecule has 2 aromatic rings. The second kappa shape index (κ2) is 4.23. The van der Waals surface area contributed by atoms with Crippen molar-refractivity contribution in [3.05, 3.63) is 46.1 Å². The van der Waals surface area contributed by atoms with Gasteiger partial charge in [-0.3, -0.25) is 9.89 Å². The van der Waals surface area contributed by atoms with Crippen LogP contribution in [0.2, 0.25) is 0 Å². The SMILES string of the molecule is Cc1ccc([C@@H]2CC(=O)Nc3n[nH]c(C)c32)c(C)c1. The normalized spacial score (nSPS) is 18.1. The summed E-state index contributed by atoms with van der Waals surface area (Å²) in [6, 6.07) is 6.39. The van der Waals surface area contributed by atoms with E-state index in [0.717, 1.165) is 11.3 Å². The number of hydrogen-bond acceptors (Lipinski definition) is 2. The van der Waals surface area contributed by atoms with Gasteiger partial charge in [-0.05, 0) is 31.9 Å². The van der Waals surface area contributed by atoms with Crippen molar-refractivity contribution in [2.24, 2.45) is 0 Å². The Morgan fingerprint density at radius 3 is 2.79 bits per heavy atom. The number of carbonyl (C=O) groups excluding carboxylic acids is 1. The maximum absolute atomic E-state index is 11.8. The number of fused-ring (bicyclic) bond motifs is 1. The van der Waals surface area contributed by atoms with Crippen LogP contribution in [-0.2, 0) is 4.79 Å². The van der Waals surface area contributed by atoms with Crippen molar-refractivity contribution in [2.75, 3.05) is 5.32 Å². The monoisotopic (exact) mass is 255 g/mol. The summed E-state index contributed by atoms with van der Waals surface area (Å²) in [5, 5.41) is 9.97. The molecule has 98 valence electrons. The molecule has 19 heavy (non-hydrogen) atoms. The molecule has 1 amide bonds. The van der Waals surface area contributed by atoms with E-state index in [4.69, 9.17) is 0 Å². The van der Waals surface area contributed by atoms with E-state index in [0.29, 0.717) is 12.2 Å². The van der Waals surface area contributed by atoms with Gasteiger partial charge in [0.05, 0.1) is 0 Å². The van der Waals surface area contributed by atoms with Crippen LogP contribution in [0.4, 0.5) is 5.82 Å². The molecule has 1 aliphatic rings. The molecule has 1 aromatic heterocycles. The number of aryl methyl sites for hydroxylation is 3. The minimum absolute atomic E-state index is 0.0315. The van der Waals surface area contributed by atoms with Crippen LogP contribution in [-0.4, -0.2) is 16.1 Å². The maximum atomic E-state index is 11.8. The van der Waals surface area contributed by atoms with Crippen molar-refractivity contribution in [1.29, 1.82) is 0 Å². The van der Waals surface area contributed by atoms with Crippen LogP contribution in [0.15, 0.2) is 18.2 Å². The minimum Gasteiger partial charge on any atom is -0.309 e. The number of rotatable bonds is 1. The van der Waals surface area contributed by atoms with Gasteiger partial charge >= 0.3 is 0 Å². The molecule has 0 aliphatic carbocycles. The number of hydrogen-bond donors (Lipinski definition) is 2. The van der Waals surface area contributed by atoms with Crippen LogP contribution < -0.4 is 5.32 Å². The van der Waals surface area contributed by atoms with Gasteiger partial charge in [0.25, 0.3) is 0 Å². The van der Waals surface area contributed by atoms with Crippen LogP contribution in [0.25, 0.3) is 0 Å². The van der Waals surface area contributed by atoms with Crippen LogP contribution in [0.5, 0.6) is 0 Å². The van der Waals surface area contributed by atoms with Gasteiger partial charge in [-0.25, -0.2) is 0 Å². The van der Waals surface area contributed by atoms with Crippen molar-refractivity contribution in [2.45, 2.75) is 33.1 Å². The third-order valence-corrected chi connectivity index (χ3v) is 3.79. The summed E-state index contributed by atoms with van der Waals surface area (Å²) < 4.78 is 0. The van der Waals surface area contributed by atoms with Crippen molar-refractivity contribution < 1.29 is 4.79 Å². The summed E-state index contributed by atoms with van der Waals surface area (Å²) in [5.74, 6) is 0.811. The molecule has 0 saturated heterocycles. The lowest BCUT2D eigenvalue weighted by Crippen LogP contribution is -2.23. The van der Waals surface area contributed by atoms with Gasteiger partial charge in [0.1, 0.15) is 0 Å². The Hall–Kier alpha value is -2.10. The first kappa shape index (κ1) is 12.0. The molecule has 0 unspecified atom stereocenters. The number of aromatic nitrogens is 2. The van der Waals surface area contributed by atoms with Gasteiger partial charge in [0.2, 0.25) is 5.91 Å². The van der Waals surface area contributed by atoms with E-state index in [2.05, 4.69) is 47.6 Å². The highest BCUT2D eigenvalue weighted by molar-refractivity contribution is 5.94. The van der Waals surface area contributed by atoms with E-state index in [1.807, 2.05) is 6.92 Å². The molecule has 2 N–H and O–H groups in total. The van der Waals surface area contributed by atoms with Gasteiger partial charge in [-0.15, -0.1) is 0 Å². The Morgan fingerprint density at radius 1 is 1.26 bits per heavy atom. The maximum Gasteiger partial charge on any atom is 0.226 e. The summed E-state index contributed by atoms with van der Waals surface area (Å²) in [6.07, 6.45) is 0.483. The minimum atomic E-state index is 0.0315. The van der Waals surface area contributed by atoms with E-state index in [-0.39, 0.29) is 11.8 Å². The zero-order valence-corrected chi connectivity index (χ0v) is 11.4. The second-order valence-electron chi connectivity index (χ2n) is 5.28. The van der Waals surface area contributed by atoms with Crippen molar-refractivity contribution in [1.82, 2.24) is 10.2 Å². The lowest BCUT2D eigenvalue weighted by molar-refractivity contribution is -0.116. The predicted molar refractivity (Wildman–Crippen MR) is 74.3 cm³/mol. The van der Waals surface area contributed by atoms with E-state index < -0.39 is 0 Å². The van der Waals surface area contributed by atoms with E-state index in [1.165, 1.54) is 16.7 Å². The average molecular weight is 255 g/mol. The average Bonchev–Trinajstić information content (AvgIpc) is 2.70. The molecule has 3 rings (SSSR count). The quantitative estimate of drug-likeness (QED) is 0.823. The number of nitrogens with one attached hydrogen (secondary N) is 2. The van der Waals surface area contributed by atoms with Crippen LogP contribution >= 0.6 is 0 Å². The molecule has 0 spiro atoms. The fourth-order valence-corrected chi connectivity index (χ4v) is 2.91. The van der Waals surface area contributed by atoms with Crippen LogP contribution in [0.3, 0.4) is 0 Å². The van der Waals surface area contributed by atoms with E-state index >= 15 is 0 Å². The smallest absolute Gasteiger partial charge is 0.226 e. The van der Waals surface area contributed by atoms with Gasteiger partial charge in [-0.1, -0.05) is 23.8 Å². The molecular formula is C15H17N3O. The van der Waals surface area contributed by atoms with Crippen molar-refractivity contribution in [3.8, 4) is 0 Å². The summed E-state index contributed by atoms with van der Waals surface area (Å²) in [6.45, 7) is 6.18. The fraction of sp³-hybridized carbons (Fsp3) is 0.333. The highest BCUT2D eigenvalue weighted by Crippen LogP contribution is 2.39. The third kappa shape index (κ3) is 1.93. The topological polar surface area (TPSA) is 57.8 Å². The molecule has 0 radical (unpaired) electrons. The van der Waals surface area contributed by atoms with Gasteiger partial charge in [-0.2, -0.15) is 5.10 Å². The number of H-pyrrole nitrogens is 1. The number of amides is 1. The van der Waals surface area contributed by atoms with E-state index in [9.17, 15) is 4.79 Å². The summed E-state index contributed by atoms with van der Waals surface area (Å²) in [7, 11) is 0. The molecule has 1 atom stereocenters. The lowest BCUT2D eigenvalue weighted by Gasteiger charge is -2.24. The number of aromatic amines is 1. The third-order valence-electron chi connectivity index (χ3n) is 3.79. The zero-order valence-electron chi connectivity index (χ0n) is 11.4. The van der Waals surface area contributed by atoms with Crippen molar-refractivity contribution >= 4 is 11.7 Å². The highest BCUT2D eigenvalue weighted by atomic mass is 16.1. The van der Waals surface area contributed by atoms with Gasteiger partial charge in [0.15, 0.2) is 5.82 Å². The summed E-state index contributed by atoms with van der Waals surface area (Å²) in [4.78, 5) is 11.8. The first-order valence-corrected chi connectivity index (χ1v) is 6.48. The first-order chi connectivity index (χ1) is 9.06. The van der Waals surface area contributed by atoms with Gasteiger partial charge in [0, 0.05) is 23.6 Å². The molecular weight excluding hydrogens is 238 g/mol. The fourth-order valence-electron chi connectivity index (χ4n) is 2.91. The standard InChI is InChI=1S/C15H17N3O/c1-8-4-5-11(9(2)6-8)12-7-13(19)16-15-14(12)10(3)17-18-15/h4-6,12H,7H2,1-3H3,(H2,16,17,18,19)/t12-/m0/s1.